The molecule has 2 aliphatic heterocycles. The molecule has 0 spiro atoms. The Labute approximate surface area is 79.8 Å². The quantitative estimate of drug-likeness (QED) is 0.610. The zero-order valence-corrected chi connectivity index (χ0v) is 7.85. The van der Waals surface area contributed by atoms with Gasteiger partial charge in [0.15, 0.2) is 5.82 Å². The van der Waals surface area contributed by atoms with Gasteiger partial charge in [0.2, 0.25) is 5.95 Å². The maximum Gasteiger partial charge on any atom is 0.284 e. The maximum absolute atomic E-state index is 11.4. The monoisotopic (exact) mass is 191 g/mol. The largest absolute Gasteiger partial charge is 0.368 e. The summed E-state index contributed by atoms with van der Waals surface area (Å²) in [5.74, 6) is 0.428. The first-order chi connectivity index (χ1) is 6.58. The summed E-state index contributed by atoms with van der Waals surface area (Å²) in [5.41, 5.74) is 6.18. The van der Waals surface area contributed by atoms with Gasteiger partial charge in [-0.15, -0.1) is 0 Å². The number of aromatic nitrogens is 4. The predicted molar refractivity (Wildman–Crippen MR) is 50.8 cm³/mol. The van der Waals surface area contributed by atoms with Crippen LogP contribution in [0.3, 0.4) is 0 Å². The zero-order chi connectivity index (χ0) is 10.3. The molecule has 0 aromatic carbocycles. The highest BCUT2D eigenvalue weighted by Gasteiger charge is 2.13. The smallest absolute Gasteiger partial charge is 0.284 e. The zero-order valence-electron chi connectivity index (χ0n) is 7.85. The van der Waals surface area contributed by atoms with Gasteiger partial charge in [0.05, 0.1) is 11.3 Å². The molecule has 2 rings (SSSR count). The van der Waals surface area contributed by atoms with Gasteiger partial charge in [-0.25, -0.2) is 4.68 Å². The number of anilines is 1. The number of hydrogen-bond acceptors (Lipinski definition) is 5. The van der Waals surface area contributed by atoms with Gasteiger partial charge >= 0.3 is 0 Å². The van der Waals surface area contributed by atoms with Crippen molar-refractivity contribution in [2.75, 3.05) is 5.73 Å². The third-order valence-electron chi connectivity index (χ3n) is 1.88. The van der Waals surface area contributed by atoms with Gasteiger partial charge in [-0.05, 0) is 13.0 Å². The van der Waals surface area contributed by atoms with Gasteiger partial charge in [-0.1, -0.05) is 0 Å². The molecule has 0 atom stereocenters. The van der Waals surface area contributed by atoms with Crippen molar-refractivity contribution in [3.63, 3.8) is 0 Å². The predicted octanol–water partition coefficient (Wildman–Crippen LogP) is -0.434. The van der Waals surface area contributed by atoms with E-state index in [1.807, 2.05) is 0 Å². The van der Waals surface area contributed by atoms with E-state index in [0.29, 0.717) is 11.4 Å². The second-order valence-electron chi connectivity index (χ2n) is 3.03. The molecule has 0 saturated heterocycles. The van der Waals surface area contributed by atoms with E-state index in [9.17, 15) is 4.79 Å². The van der Waals surface area contributed by atoms with Gasteiger partial charge < -0.3 is 5.73 Å². The highest BCUT2D eigenvalue weighted by molar-refractivity contribution is 5.56. The van der Waals surface area contributed by atoms with Gasteiger partial charge in [0.25, 0.3) is 5.56 Å². The Morgan fingerprint density at radius 1 is 1.43 bits per heavy atom. The summed E-state index contributed by atoms with van der Waals surface area (Å²) < 4.78 is 1.52. The molecule has 14 heavy (non-hydrogen) atoms. The van der Waals surface area contributed by atoms with E-state index < -0.39 is 0 Å². The molecular formula is C8H9N5O. The lowest BCUT2D eigenvalue weighted by atomic mass is 10.2. The number of aryl methyl sites for hydroxylation is 2. The highest BCUT2D eigenvalue weighted by Crippen LogP contribution is 2.13. The highest BCUT2D eigenvalue weighted by atomic mass is 16.1. The van der Waals surface area contributed by atoms with Gasteiger partial charge in [0, 0.05) is 7.05 Å². The molecule has 0 aromatic rings. The average Bonchev–Trinajstić information content (AvgIpc) is 2.07. The van der Waals surface area contributed by atoms with E-state index >= 15 is 0 Å². The molecule has 6 nitrogen and oxygen atoms in total. The van der Waals surface area contributed by atoms with Crippen molar-refractivity contribution in [1.82, 2.24) is 19.7 Å². The van der Waals surface area contributed by atoms with E-state index in [2.05, 4.69) is 15.1 Å². The Kier molecular flexibility index (Phi) is 1.70. The summed E-state index contributed by atoms with van der Waals surface area (Å²) in [6.45, 7) is 1.80. The normalized spacial score (nSPS) is 10.7. The Bertz CT molecular complexity index is 518. The second kappa shape index (κ2) is 2.76. The average molecular weight is 191 g/mol. The number of nitrogens with zero attached hydrogens (tertiary/aromatic N) is 4. The molecule has 2 N–H and O–H groups in total. The minimum absolute atomic E-state index is 0.0243. The second-order valence-corrected chi connectivity index (χ2v) is 3.03. The summed E-state index contributed by atoms with van der Waals surface area (Å²) in [4.78, 5) is 18.9. The fourth-order valence-corrected chi connectivity index (χ4v) is 1.35. The Morgan fingerprint density at radius 3 is 2.86 bits per heavy atom. The van der Waals surface area contributed by atoms with Crippen LogP contribution < -0.4 is 11.3 Å². The third kappa shape index (κ3) is 1.20. The minimum atomic E-state index is -0.367. The van der Waals surface area contributed by atoms with E-state index in [0.717, 1.165) is 5.69 Å². The minimum Gasteiger partial charge on any atom is -0.368 e. The Balaban J connectivity index is 2.93. The van der Waals surface area contributed by atoms with Crippen LogP contribution in [0.1, 0.15) is 5.69 Å². The Hall–Kier alpha value is -1.98. The molecule has 0 aliphatic carbocycles. The molecule has 2 heterocycles. The lowest BCUT2D eigenvalue weighted by Crippen LogP contribution is -2.20. The summed E-state index contributed by atoms with van der Waals surface area (Å²) in [7, 11) is 1.71. The van der Waals surface area contributed by atoms with Crippen LogP contribution in [0.15, 0.2) is 10.9 Å². The molecule has 0 radical (unpaired) electrons. The summed E-state index contributed by atoms with van der Waals surface area (Å²) in [5, 5.41) is 4.12. The number of nitrogen functional groups attached to an aromatic ring is 1. The third-order valence-corrected chi connectivity index (χ3v) is 1.88. The molecule has 6 heteroatoms. The van der Waals surface area contributed by atoms with E-state index in [4.69, 9.17) is 5.73 Å². The lowest BCUT2D eigenvalue weighted by Gasteiger charge is -2.09. The molecule has 0 unspecified atom stereocenters. The molecule has 0 bridgehead atoms. The van der Waals surface area contributed by atoms with Crippen LogP contribution in [0, 0.1) is 6.92 Å². The van der Waals surface area contributed by atoms with Crippen LogP contribution in [0.5, 0.6) is 0 Å². The maximum atomic E-state index is 11.4. The number of hydrogen-bond donors (Lipinski definition) is 1. The molecule has 0 aromatic heterocycles. The first-order valence-corrected chi connectivity index (χ1v) is 4.06. The van der Waals surface area contributed by atoms with Gasteiger partial charge in [-0.3, -0.25) is 4.79 Å². The molecule has 0 amide bonds. The summed E-state index contributed by atoms with van der Waals surface area (Å²) >= 11 is 0. The van der Waals surface area contributed by atoms with Crippen molar-refractivity contribution < 1.29 is 0 Å². The van der Waals surface area contributed by atoms with Crippen LogP contribution in [0.25, 0.3) is 11.4 Å². The van der Waals surface area contributed by atoms with Crippen LogP contribution >= 0.6 is 0 Å². The van der Waals surface area contributed by atoms with Crippen LogP contribution in [0.4, 0.5) is 5.95 Å². The van der Waals surface area contributed by atoms with Crippen molar-refractivity contribution in [3.8, 4) is 11.4 Å². The van der Waals surface area contributed by atoms with Crippen LogP contribution in [-0.4, -0.2) is 19.7 Å². The SMILES string of the molecule is Cc1cc2c(=O)nc(N)nc-2n(C)n1. The van der Waals surface area contributed by atoms with E-state index in [1.54, 1.807) is 20.0 Å². The van der Waals surface area contributed by atoms with Gasteiger partial charge in [0.1, 0.15) is 0 Å². The van der Waals surface area contributed by atoms with E-state index in [-0.39, 0.29) is 11.5 Å². The summed E-state index contributed by atoms with van der Waals surface area (Å²) in [6, 6.07) is 1.65. The fourth-order valence-electron chi connectivity index (χ4n) is 1.35. The number of fused-ring (bicyclic) bond motifs is 1. The number of rotatable bonds is 0. The van der Waals surface area contributed by atoms with Crippen molar-refractivity contribution >= 4 is 5.95 Å². The number of nitrogens with two attached hydrogens (primary N) is 1. The van der Waals surface area contributed by atoms with Crippen molar-refractivity contribution in [2.24, 2.45) is 7.05 Å². The lowest BCUT2D eigenvalue weighted by molar-refractivity contribution is 0.710. The van der Waals surface area contributed by atoms with Crippen molar-refractivity contribution in [3.05, 3.63) is 22.1 Å². The molecule has 2 aliphatic rings. The first-order valence-electron chi connectivity index (χ1n) is 4.06. The van der Waals surface area contributed by atoms with Crippen molar-refractivity contribution in [1.29, 1.82) is 0 Å². The first kappa shape index (κ1) is 8.61. The molecule has 0 saturated carbocycles. The summed E-state index contributed by atoms with van der Waals surface area (Å²) in [6.07, 6.45) is 0. The topological polar surface area (TPSA) is 86.7 Å². The Morgan fingerprint density at radius 2 is 2.14 bits per heavy atom. The van der Waals surface area contributed by atoms with Crippen LogP contribution in [-0.2, 0) is 7.05 Å². The van der Waals surface area contributed by atoms with Crippen LogP contribution in [0.2, 0.25) is 0 Å². The van der Waals surface area contributed by atoms with E-state index in [1.165, 1.54) is 4.68 Å². The molecule has 72 valence electrons. The molecular weight excluding hydrogens is 182 g/mol. The molecule has 0 fully saturated rings. The fraction of sp³-hybridized carbons (Fsp3) is 0.250. The standard InChI is InChI=1S/C8H9N5O/c1-4-3-5-6(13(2)12-4)10-8(9)11-7(5)14/h3H,1-2H3,(H2,9,11,14). The van der Waals surface area contributed by atoms with Crippen molar-refractivity contribution in [2.45, 2.75) is 6.92 Å². The van der Waals surface area contributed by atoms with Gasteiger partial charge in [-0.2, -0.15) is 15.1 Å².